The molecule has 2 aromatic rings. The van der Waals surface area contributed by atoms with Crippen LogP contribution in [0.1, 0.15) is 25.3 Å². The zero-order valence-electron chi connectivity index (χ0n) is 16.7. The summed E-state index contributed by atoms with van der Waals surface area (Å²) in [7, 11) is 0. The van der Waals surface area contributed by atoms with Gasteiger partial charge in [0.25, 0.3) is 5.91 Å². The van der Waals surface area contributed by atoms with Crippen molar-refractivity contribution in [3.63, 3.8) is 0 Å². The van der Waals surface area contributed by atoms with Crippen LogP contribution in [0.5, 0.6) is 0 Å². The molecule has 2 fully saturated rings. The Kier molecular flexibility index (Phi) is 5.26. The number of thiazole rings is 1. The number of fused-ring (bicyclic) bond motifs is 1. The Labute approximate surface area is 173 Å². The highest BCUT2D eigenvalue weighted by atomic mass is 32.1. The molecule has 9 heteroatoms. The van der Waals surface area contributed by atoms with E-state index in [1.54, 1.807) is 23.2 Å². The molecular formula is C20H26N5O3S+. The van der Waals surface area contributed by atoms with Crippen LogP contribution in [0.15, 0.2) is 24.3 Å². The van der Waals surface area contributed by atoms with Gasteiger partial charge in [0.05, 0.1) is 36.4 Å². The monoisotopic (exact) mass is 416 g/mol. The van der Waals surface area contributed by atoms with Gasteiger partial charge >= 0.3 is 6.03 Å². The number of nitrogens with zero attached hydrogens (tertiary/aromatic N) is 3. The minimum absolute atomic E-state index is 0.173. The second-order valence-electron chi connectivity index (χ2n) is 7.89. The smallest absolute Gasteiger partial charge is 0.325 e. The van der Waals surface area contributed by atoms with Gasteiger partial charge in [-0.05, 0) is 25.5 Å². The van der Waals surface area contributed by atoms with Crippen LogP contribution in [0.3, 0.4) is 0 Å². The predicted octanol–water partition coefficient (Wildman–Crippen LogP) is 0.244. The van der Waals surface area contributed by atoms with Crippen LogP contribution in [-0.2, 0) is 16.1 Å². The molecule has 1 atom stereocenters. The molecular weight excluding hydrogens is 390 g/mol. The maximum atomic E-state index is 12.7. The van der Waals surface area contributed by atoms with E-state index in [0.717, 1.165) is 35.1 Å². The van der Waals surface area contributed by atoms with Gasteiger partial charge < -0.3 is 15.1 Å². The van der Waals surface area contributed by atoms with E-state index >= 15 is 0 Å². The van der Waals surface area contributed by atoms with Gasteiger partial charge in [-0.2, -0.15) is 0 Å². The second kappa shape index (κ2) is 7.72. The van der Waals surface area contributed by atoms with Gasteiger partial charge in [0.15, 0.2) is 0 Å². The Hall–Kier alpha value is -2.52. The molecule has 0 bridgehead atoms. The summed E-state index contributed by atoms with van der Waals surface area (Å²) >= 11 is 1.72. The number of nitrogens with one attached hydrogen (secondary N) is 2. The van der Waals surface area contributed by atoms with Crippen molar-refractivity contribution in [2.75, 3.05) is 32.7 Å². The number of carbonyl (C=O) groups is 3. The highest BCUT2D eigenvalue weighted by Gasteiger charge is 2.47. The van der Waals surface area contributed by atoms with Gasteiger partial charge in [0.1, 0.15) is 23.6 Å². The number of hydrogen-bond acceptors (Lipinski definition) is 5. The van der Waals surface area contributed by atoms with E-state index in [-0.39, 0.29) is 18.4 Å². The Bertz CT molecular complexity index is 919. The molecule has 154 valence electrons. The van der Waals surface area contributed by atoms with Gasteiger partial charge in [0, 0.05) is 0 Å². The molecule has 0 aliphatic carbocycles. The quantitative estimate of drug-likeness (QED) is 0.684. The maximum Gasteiger partial charge on any atom is 0.325 e. The summed E-state index contributed by atoms with van der Waals surface area (Å²) in [5.74, 6) is -0.494. The Morgan fingerprint density at radius 3 is 2.66 bits per heavy atom. The number of rotatable bonds is 5. The largest absolute Gasteiger partial charge is 0.330 e. The first-order valence-corrected chi connectivity index (χ1v) is 10.8. The number of urea groups is 1. The summed E-state index contributed by atoms with van der Waals surface area (Å²) in [6.45, 7) is 7.10. The number of quaternary nitrogens is 1. The molecule has 8 nitrogen and oxygen atoms in total. The number of hydrogen-bond donors (Lipinski definition) is 2. The van der Waals surface area contributed by atoms with Crippen molar-refractivity contribution in [1.82, 2.24) is 20.1 Å². The summed E-state index contributed by atoms with van der Waals surface area (Å²) in [5.41, 5.74) is 0.130. The third-order valence-electron chi connectivity index (χ3n) is 5.91. The molecule has 2 saturated heterocycles. The van der Waals surface area contributed by atoms with Crippen LogP contribution >= 0.6 is 11.3 Å². The van der Waals surface area contributed by atoms with E-state index in [0.29, 0.717) is 19.5 Å². The van der Waals surface area contributed by atoms with Gasteiger partial charge in [0.2, 0.25) is 5.91 Å². The first-order valence-electron chi connectivity index (χ1n) is 9.99. The molecule has 2 aliphatic rings. The summed E-state index contributed by atoms with van der Waals surface area (Å²) in [4.78, 5) is 46.1. The molecule has 4 amide bonds. The van der Waals surface area contributed by atoms with Crippen molar-refractivity contribution < 1.29 is 19.3 Å². The van der Waals surface area contributed by atoms with Gasteiger partial charge in [-0.15, -0.1) is 11.3 Å². The fourth-order valence-electron chi connectivity index (χ4n) is 3.82. The van der Waals surface area contributed by atoms with E-state index in [2.05, 4.69) is 11.4 Å². The maximum absolute atomic E-state index is 12.7. The van der Waals surface area contributed by atoms with Crippen LogP contribution in [0, 0.1) is 0 Å². The molecule has 3 heterocycles. The lowest BCUT2D eigenvalue weighted by Gasteiger charge is -2.32. The number of imide groups is 1. The van der Waals surface area contributed by atoms with Crippen molar-refractivity contribution in [2.24, 2.45) is 0 Å². The predicted molar refractivity (Wildman–Crippen MR) is 110 cm³/mol. The van der Waals surface area contributed by atoms with Crippen molar-refractivity contribution >= 4 is 39.4 Å². The molecule has 1 aromatic heterocycles. The highest BCUT2D eigenvalue weighted by molar-refractivity contribution is 7.18. The fraction of sp³-hybridized carbons (Fsp3) is 0.500. The minimum atomic E-state index is -0.905. The molecule has 0 unspecified atom stereocenters. The molecule has 2 aliphatic heterocycles. The van der Waals surface area contributed by atoms with Crippen molar-refractivity contribution in [2.45, 2.75) is 32.4 Å². The van der Waals surface area contributed by atoms with Gasteiger partial charge in [-0.3, -0.25) is 14.5 Å². The zero-order valence-corrected chi connectivity index (χ0v) is 17.6. The number of para-hydroxylation sites is 1. The average molecular weight is 417 g/mol. The SMILES string of the molecule is CC[C@]1(C)NC(=O)N(CC(=O)N2CC[NH+](Cc3nc4ccccc4s3)CC2)C1=O. The Balaban J connectivity index is 1.30. The van der Waals surface area contributed by atoms with Gasteiger partial charge in [-0.25, -0.2) is 9.78 Å². The number of amides is 4. The van der Waals surface area contributed by atoms with Crippen LogP contribution < -0.4 is 10.2 Å². The third kappa shape index (κ3) is 3.84. The lowest BCUT2D eigenvalue weighted by molar-refractivity contribution is -0.917. The second-order valence-corrected chi connectivity index (χ2v) is 9.01. The molecule has 4 rings (SSSR count). The van der Waals surface area contributed by atoms with E-state index in [1.165, 1.54) is 9.60 Å². The lowest BCUT2D eigenvalue weighted by atomic mass is 9.99. The molecule has 0 saturated carbocycles. The van der Waals surface area contributed by atoms with Crippen LogP contribution in [0.4, 0.5) is 4.79 Å². The van der Waals surface area contributed by atoms with Crippen LogP contribution in [0.25, 0.3) is 10.2 Å². The van der Waals surface area contributed by atoms with Crippen molar-refractivity contribution in [3.05, 3.63) is 29.3 Å². The van der Waals surface area contributed by atoms with E-state index < -0.39 is 11.6 Å². The Morgan fingerprint density at radius 2 is 2.00 bits per heavy atom. The molecule has 0 spiro atoms. The molecule has 0 radical (unpaired) electrons. The summed E-state index contributed by atoms with van der Waals surface area (Å²) in [5, 5.41) is 3.80. The zero-order chi connectivity index (χ0) is 20.6. The molecule has 1 aromatic carbocycles. The van der Waals surface area contributed by atoms with Crippen molar-refractivity contribution in [1.29, 1.82) is 0 Å². The number of aromatic nitrogens is 1. The standard InChI is InChI=1S/C20H25N5O3S/c1-3-20(2)18(27)25(19(28)22-20)13-17(26)24-10-8-23(9-11-24)12-16-21-14-6-4-5-7-15(14)29-16/h4-7H,3,8-13H2,1-2H3,(H,22,28)/p+1/t20-/m0/s1. The summed E-state index contributed by atoms with van der Waals surface area (Å²) < 4.78 is 1.20. The van der Waals surface area contributed by atoms with Crippen molar-refractivity contribution in [3.8, 4) is 0 Å². The number of piperazine rings is 1. The van der Waals surface area contributed by atoms with Crippen LogP contribution in [-0.4, -0.2) is 70.9 Å². The van der Waals surface area contributed by atoms with Crippen LogP contribution in [0.2, 0.25) is 0 Å². The van der Waals surface area contributed by atoms with Gasteiger partial charge in [-0.1, -0.05) is 19.1 Å². The number of benzene rings is 1. The van der Waals surface area contributed by atoms with E-state index in [9.17, 15) is 14.4 Å². The lowest BCUT2D eigenvalue weighted by Crippen LogP contribution is -3.13. The fourth-order valence-corrected chi connectivity index (χ4v) is 4.86. The highest BCUT2D eigenvalue weighted by Crippen LogP contribution is 2.21. The first kappa shape index (κ1) is 19.8. The number of carbonyl (C=O) groups excluding carboxylic acids is 3. The normalized spacial score (nSPS) is 23.1. The summed E-state index contributed by atoms with van der Waals surface area (Å²) in [6, 6.07) is 7.66. The topological polar surface area (TPSA) is 87.1 Å². The van der Waals surface area contributed by atoms with E-state index in [4.69, 9.17) is 4.98 Å². The first-order chi connectivity index (χ1) is 13.9. The summed E-state index contributed by atoms with van der Waals surface area (Å²) in [6.07, 6.45) is 0.496. The molecule has 2 N–H and O–H groups in total. The minimum Gasteiger partial charge on any atom is -0.330 e. The third-order valence-corrected chi connectivity index (χ3v) is 6.94. The van der Waals surface area contributed by atoms with E-state index in [1.807, 2.05) is 25.1 Å². The average Bonchev–Trinajstić information content (AvgIpc) is 3.22. The molecule has 29 heavy (non-hydrogen) atoms. The Morgan fingerprint density at radius 1 is 1.28 bits per heavy atom.